The number of Topliss-reactive ketones (excluding diaryl/α,β-unsaturated/α-hetero) is 1. The van der Waals surface area contributed by atoms with Gasteiger partial charge in [0.2, 0.25) is 0 Å². The van der Waals surface area contributed by atoms with Crippen molar-refractivity contribution >= 4 is 5.78 Å². The highest BCUT2D eigenvalue weighted by molar-refractivity contribution is 5.75. The van der Waals surface area contributed by atoms with Gasteiger partial charge in [-0.05, 0) is 43.0 Å². The summed E-state index contributed by atoms with van der Waals surface area (Å²) in [7, 11) is 0. The molecule has 0 aromatic heterocycles. The van der Waals surface area contributed by atoms with Crippen LogP contribution in [0.3, 0.4) is 0 Å². The second kappa shape index (κ2) is 10.9. The molecule has 0 saturated heterocycles. The van der Waals surface area contributed by atoms with Gasteiger partial charge in [0.05, 0.1) is 0 Å². The molecule has 0 spiro atoms. The van der Waals surface area contributed by atoms with Gasteiger partial charge in [-0.15, -0.1) is 0 Å². The van der Waals surface area contributed by atoms with E-state index in [2.05, 4.69) is 13.5 Å². The molecule has 0 radical (unpaired) electrons. The van der Waals surface area contributed by atoms with Gasteiger partial charge in [-0.2, -0.15) is 0 Å². The summed E-state index contributed by atoms with van der Waals surface area (Å²) in [5, 5.41) is 8.56. The molecule has 5 N–H and O–H groups in total. The van der Waals surface area contributed by atoms with Gasteiger partial charge in [0.15, 0.2) is 6.79 Å². The van der Waals surface area contributed by atoms with Crippen LogP contribution in [0.5, 0.6) is 5.75 Å². The Balaban J connectivity index is 0.000000433. The zero-order valence-electron chi connectivity index (χ0n) is 12.9. The van der Waals surface area contributed by atoms with Crippen molar-refractivity contribution < 1.29 is 14.6 Å². The van der Waals surface area contributed by atoms with Crippen molar-refractivity contribution in [1.29, 1.82) is 0 Å². The molecule has 5 nitrogen and oxygen atoms in total. The van der Waals surface area contributed by atoms with Crippen LogP contribution in [0.2, 0.25) is 0 Å². The summed E-state index contributed by atoms with van der Waals surface area (Å²) < 4.78 is 4.95. The number of aliphatic hydroxyl groups is 1. The van der Waals surface area contributed by atoms with E-state index in [1.165, 1.54) is 5.56 Å². The second-order valence-electron chi connectivity index (χ2n) is 4.62. The molecule has 0 fully saturated rings. The first-order valence-corrected chi connectivity index (χ1v) is 6.92. The Morgan fingerprint density at radius 1 is 1.33 bits per heavy atom. The largest absolute Gasteiger partial charge is 0.468 e. The number of ketones is 1. The monoisotopic (exact) mass is 294 g/mol. The molecule has 0 aliphatic heterocycles. The Morgan fingerprint density at radius 2 is 2.00 bits per heavy atom. The van der Waals surface area contributed by atoms with Crippen LogP contribution in [-0.2, 0) is 17.8 Å². The van der Waals surface area contributed by atoms with Gasteiger partial charge in [-0.1, -0.05) is 19.6 Å². The Kier molecular flexibility index (Phi) is 9.92. The van der Waals surface area contributed by atoms with E-state index in [9.17, 15) is 4.79 Å². The fourth-order valence-corrected chi connectivity index (χ4v) is 1.64. The number of hydrogen-bond donors (Lipinski definition) is 3. The highest BCUT2D eigenvalue weighted by atomic mass is 16.6. The lowest BCUT2D eigenvalue weighted by Crippen LogP contribution is -2.02. The van der Waals surface area contributed by atoms with Crippen molar-refractivity contribution in [2.45, 2.75) is 39.7 Å². The summed E-state index contributed by atoms with van der Waals surface area (Å²) in [6.45, 7) is 7.29. The molecule has 1 aromatic carbocycles. The van der Waals surface area contributed by atoms with E-state index in [-0.39, 0.29) is 12.6 Å². The zero-order valence-corrected chi connectivity index (χ0v) is 12.9. The van der Waals surface area contributed by atoms with Crippen molar-refractivity contribution in [3.63, 3.8) is 0 Å². The minimum Gasteiger partial charge on any atom is -0.468 e. The van der Waals surface area contributed by atoms with Crippen LogP contribution in [-0.4, -0.2) is 17.7 Å². The Morgan fingerprint density at radius 3 is 2.38 bits per heavy atom. The van der Waals surface area contributed by atoms with Crippen molar-refractivity contribution in [2.24, 2.45) is 11.5 Å². The summed E-state index contributed by atoms with van der Waals surface area (Å²) in [6, 6.07) is 5.69. The topological polar surface area (TPSA) is 98.6 Å². The first-order chi connectivity index (χ1) is 9.94. The Labute approximate surface area is 126 Å². The SMILES string of the molecule is C=C(N)CCC(C)=O.CCc1ccc(OCO)cc1CN. The number of ether oxygens (including phenoxy) is 1. The van der Waals surface area contributed by atoms with E-state index >= 15 is 0 Å². The number of hydrogen-bond acceptors (Lipinski definition) is 5. The van der Waals surface area contributed by atoms with Crippen LogP contribution in [0.25, 0.3) is 0 Å². The third-order valence-corrected chi connectivity index (χ3v) is 2.81. The summed E-state index contributed by atoms with van der Waals surface area (Å²) in [6.07, 6.45) is 2.11. The van der Waals surface area contributed by atoms with E-state index in [1.54, 1.807) is 6.92 Å². The van der Waals surface area contributed by atoms with Gasteiger partial charge in [0.1, 0.15) is 11.5 Å². The molecular formula is C16H26N2O3. The Bertz CT molecular complexity index is 445. The van der Waals surface area contributed by atoms with E-state index in [4.69, 9.17) is 21.3 Å². The molecule has 0 saturated carbocycles. The highest BCUT2D eigenvalue weighted by Crippen LogP contribution is 2.17. The number of aryl methyl sites for hydroxylation is 1. The predicted molar refractivity (Wildman–Crippen MR) is 84.7 cm³/mol. The van der Waals surface area contributed by atoms with Gasteiger partial charge < -0.3 is 26.1 Å². The third kappa shape index (κ3) is 8.83. The fourth-order valence-electron chi connectivity index (χ4n) is 1.64. The average Bonchev–Trinajstić information content (AvgIpc) is 2.46. The first kappa shape index (κ1) is 19.1. The molecule has 0 amide bonds. The molecular weight excluding hydrogens is 268 g/mol. The van der Waals surface area contributed by atoms with Crippen LogP contribution in [0.1, 0.15) is 37.8 Å². The van der Waals surface area contributed by atoms with Crippen molar-refractivity contribution in [1.82, 2.24) is 0 Å². The van der Waals surface area contributed by atoms with Gasteiger partial charge in [-0.25, -0.2) is 0 Å². The second-order valence-corrected chi connectivity index (χ2v) is 4.62. The normalized spacial score (nSPS) is 9.52. The minimum absolute atomic E-state index is 0.164. The molecule has 0 atom stereocenters. The number of carbonyl (C=O) groups excluding carboxylic acids is 1. The maximum absolute atomic E-state index is 10.3. The molecule has 1 rings (SSSR count). The molecule has 118 valence electrons. The van der Waals surface area contributed by atoms with Crippen molar-refractivity contribution in [2.75, 3.05) is 6.79 Å². The minimum atomic E-state index is -0.296. The van der Waals surface area contributed by atoms with E-state index < -0.39 is 0 Å². The summed E-state index contributed by atoms with van der Waals surface area (Å²) in [5.74, 6) is 0.830. The first-order valence-electron chi connectivity index (χ1n) is 6.92. The van der Waals surface area contributed by atoms with Gasteiger partial charge in [0, 0.05) is 18.7 Å². The predicted octanol–water partition coefficient (Wildman–Crippen LogP) is 1.86. The molecule has 1 aromatic rings. The fraction of sp³-hybridized carbons (Fsp3) is 0.438. The van der Waals surface area contributed by atoms with Gasteiger partial charge in [-0.3, -0.25) is 0 Å². The summed E-state index contributed by atoms with van der Waals surface area (Å²) in [4.78, 5) is 10.3. The van der Waals surface area contributed by atoms with Crippen LogP contribution in [0.15, 0.2) is 30.5 Å². The number of benzene rings is 1. The standard InChI is InChI=1S/C10H15NO2.C6H11NO/c1-2-8-3-4-10(13-7-12)5-9(8)6-11;1-5(7)3-4-6(2)8/h3-5,12H,2,6-7,11H2,1H3;1,3-4,7H2,2H3. The number of allylic oxidation sites excluding steroid dienone is 1. The average molecular weight is 294 g/mol. The van der Waals surface area contributed by atoms with Crippen LogP contribution >= 0.6 is 0 Å². The highest BCUT2D eigenvalue weighted by Gasteiger charge is 2.01. The number of carbonyl (C=O) groups is 1. The molecule has 0 aliphatic rings. The van der Waals surface area contributed by atoms with Crippen LogP contribution < -0.4 is 16.2 Å². The number of aliphatic hydroxyl groups excluding tert-OH is 1. The van der Waals surface area contributed by atoms with E-state index in [0.717, 1.165) is 12.0 Å². The summed E-state index contributed by atoms with van der Waals surface area (Å²) in [5.41, 5.74) is 13.7. The summed E-state index contributed by atoms with van der Waals surface area (Å²) >= 11 is 0. The van der Waals surface area contributed by atoms with E-state index in [1.807, 2.05) is 18.2 Å². The van der Waals surface area contributed by atoms with Gasteiger partial charge >= 0.3 is 0 Å². The lowest BCUT2D eigenvalue weighted by Gasteiger charge is -2.08. The van der Waals surface area contributed by atoms with Gasteiger partial charge in [0.25, 0.3) is 0 Å². The lowest BCUT2D eigenvalue weighted by molar-refractivity contribution is -0.116. The maximum atomic E-state index is 10.3. The number of nitrogens with two attached hydrogens (primary N) is 2. The van der Waals surface area contributed by atoms with E-state index in [0.29, 0.717) is 30.8 Å². The van der Waals surface area contributed by atoms with Crippen LogP contribution in [0.4, 0.5) is 0 Å². The maximum Gasteiger partial charge on any atom is 0.186 e. The molecule has 21 heavy (non-hydrogen) atoms. The zero-order chi connectivity index (χ0) is 16.3. The molecule has 0 heterocycles. The van der Waals surface area contributed by atoms with Crippen molar-refractivity contribution in [3.8, 4) is 5.75 Å². The molecule has 5 heteroatoms. The smallest absolute Gasteiger partial charge is 0.186 e. The van der Waals surface area contributed by atoms with Crippen LogP contribution in [0, 0.1) is 0 Å². The molecule has 0 unspecified atom stereocenters. The Hall–Kier alpha value is -1.85. The number of rotatable bonds is 7. The van der Waals surface area contributed by atoms with Crippen molar-refractivity contribution in [3.05, 3.63) is 41.6 Å². The molecule has 0 bridgehead atoms. The molecule has 0 aliphatic carbocycles. The third-order valence-electron chi connectivity index (χ3n) is 2.81. The quantitative estimate of drug-likeness (QED) is 0.667. The lowest BCUT2D eigenvalue weighted by atomic mass is 10.1.